The van der Waals surface area contributed by atoms with Gasteiger partial charge < -0.3 is 4.90 Å². The van der Waals surface area contributed by atoms with Gasteiger partial charge in [-0.05, 0) is 31.0 Å². The van der Waals surface area contributed by atoms with Crippen molar-refractivity contribution < 1.29 is 9.59 Å². The third-order valence-electron chi connectivity index (χ3n) is 4.63. The summed E-state index contributed by atoms with van der Waals surface area (Å²) >= 11 is 0. The van der Waals surface area contributed by atoms with E-state index in [0.717, 1.165) is 24.2 Å². The van der Waals surface area contributed by atoms with E-state index < -0.39 is 0 Å². The molecular weight excluding hydrogens is 312 g/mol. The van der Waals surface area contributed by atoms with E-state index in [-0.39, 0.29) is 11.7 Å². The molecule has 2 aromatic carbocycles. The number of amides is 1. The summed E-state index contributed by atoms with van der Waals surface area (Å²) in [4.78, 5) is 28.0. The zero-order valence-corrected chi connectivity index (χ0v) is 14.9. The lowest BCUT2D eigenvalue weighted by molar-refractivity contribution is -0.136. The van der Waals surface area contributed by atoms with Gasteiger partial charge >= 0.3 is 0 Å². The molecule has 1 aliphatic rings. The number of rotatable bonds is 5. The Hall–Kier alpha value is -2.46. The molecule has 1 amide bonds. The normalized spacial score (nSPS) is 15.4. The third kappa shape index (κ3) is 4.54. The van der Waals surface area contributed by atoms with Crippen LogP contribution in [0.4, 0.5) is 0 Å². The van der Waals surface area contributed by atoms with Gasteiger partial charge in [-0.15, -0.1) is 0 Å². The van der Waals surface area contributed by atoms with Crippen molar-refractivity contribution in [2.75, 3.05) is 19.6 Å². The summed E-state index contributed by atoms with van der Waals surface area (Å²) < 4.78 is 0. The van der Waals surface area contributed by atoms with E-state index in [1.165, 1.54) is 11.1 Å². The molecule has 1 heterocycles. The first-order valence-corrected chi connectivity index (χ1v) is 8.67. The molecule has 3 rings (SSSR count). The molecule has 0 radical (unpaired) electrons. The first-order chi connectivity index (χ1) is 12.0. The van der Waals surface area contributed by atoms with Gasteiger partial charge in [0.05, 0.1) is 6.54 Å². The molecule has 1 fully saturated rings. The highest BCUT2D eigenvalue weighted by molar-refractivity contribution is 5.94. The second-order valence-electron chi connectivity index (χ2n) is 6.77. The number of Topliss-reactive ketones (excluding diaryl/α,β-unsaturated/α-hetero) is 1. The Kier molecular flexibility index (Phi) is 5.29. The Balaban J connectivity index is 1.58. The fourth-order valence-corrected chi connectivity index (χ4v) is 3.12. The predicted molar refractivity (Wildman–Crippen MR) is 98.3 cm³/mol. The molecule has 1 saturated heterocycles. The van der Waals surface area contributed by atoms with Crippen molar-refractivity contribution >= 4 is 11.7 Å². The lowest BCUT2D eigenvalue weighted by Crippen LogP contribution is -2.49. The molecule has 2 aromatic rings. The highest BCUT2D eigenvalue weighted by atomic mass is 16.2. The van der Waals surface area contributed by atoms with Crippen molar-refractivity contribution in [3.63, 3.8) is 0 Å². The van der Waals surface area contributed by atoms with Gasteiger partial charge in [0.25, 0.3) is 0 Å². The van der Waals surface area contributed by atoms with Crippen molar-refractivity contribution in [2.24, 2.45) is 0 Å². The maximum Gasteiger partial charge on any atom is 0.237 e. The molecule has 0 N–H and O–H groups in total. The molecule has 0 aromatic heterocycles. The molecule has 4 heteroatoms. The minimum atomic E-state index is 0.0702. The minimum absolute atomic E-state index is 0.0702. The Labute approximate surface area is 149 Å². The van der Waals surface area contributed by atoms with E-state index >= 15 is 0 Å². The van der Waals surface area contributed by atoms with E-state index in [0.29, 0.717) is 19.6 Å². The SMILES string of the molecule is CC(=O)c1cccc(CN2CCN(Cc3ccc(C)cc3)C(=O)C2)c1. The number of hydrogen-bond donors (Lipinski definition) is 0. The van der Waals surface area contributed by atoms with Crippen molar-refractivity contribution in [1.29, 1.82) is 0 Å². The number of carbonyl (C=O) groups is 2. The number of piperazine rings is 1. The fraction of sp³-hybridized carbons (Fsp3) is 0.333. The lowest BCUT2D eigenvalue weighted by Gasteiger charge is -2.34. The number of ketones is 1. The van der Waals surface area contributed by atoms with E-state index in [9.17, 15) is 9.59 Å². The molecule has 0 aliphatic carbocycles. The summed E-state index contributed by atoms with van der Waals surface area (Å²) in [6.07, 6.45) is 0. The largest absolute Gasteiger partial charge is 0.336 e. The zero-order valence-electron chi connectivity index (χ0n) is 14.9. The number of aryl methyl sites for hydroxylation is 1. The molecule has 130 valence electrons. The van der Waals surface area contributed by atoms with Gasteiger partial charge in [0.2, 0.25) is 5.91 Å². The lowest BCUT2D eigenvalue weighted by atomic mass is 10.1. The van der Waals surface area contributed by atoms with Crippen LogP contribution in [-0.2, 0) is 17.9 Å². The average Bonchev–Trinajstić information content (AvgIpc) is 2.59. The van der Waals surface area contributed by atoms with Crippen molar-refractivity contribution in [3.05, 3.63) is 70.8 Å². The number of hydrogen-bond acceptors (Lipinski definition) is 3. The van der Waals surface area contributed by atoms with Gasteiger partial charge in [-0.25, -0.2) is 0 Å². The van der Waals surface area contributed by atoms with Crippen LogP contribution in [0.2, 0.25) is 0 Å². The van der Waals surface area contributed by atoms with E-state index in [4.69, 9.17) is 0 Å². The van der Waals surface area contributed by atoms with Gasteiger partial charge in [0.1, 0.15) is 0 Å². The quantitative estimate of drug-likeness (QED) is 0.788. The van der Waals surface area contributed by atoms with Crippen LogP contribution in [0.1, 0.15) is 34.0 Å². The van der Waals surface area contributed by atoms with E-state index in [1.807, 2.05) is 29.2 Å². The summed E-state index contributed by atoms with van der Waals surface area (Å²) in [7, 11) is 0. The van der Waals surface area contributed by atoms with Gasteiger partial charge in [0, 0.05) is 31.7 Å². The molecule has 4 nitrogen and oxygen atoms in total. The monoisotopic (exact) mass is 336 g/mol. The molecule has 25 heavy (non-hydrogen) atoms. The van der Waals surface area contributed by atoms with Crippen LogP contribution in [0.15, 0.2) is 48.5 Å². The molecule has 1 aliphatic heterocycles. The summed E-state index contributed by atoms with van der Waals surface area (Å²) in [6, 6.07) is 16.0. The maximum atomic E-state index is 12.5. The van der Waals surface area contributed by atoms with Crippen LogP contribution in [0, 0.1) is 6.92 Å². The summed E-state index contributed by atoms with van der Waals surface area (Å²) in [5.74, 6) is 0.232. The van der Waals surface area contributed by atoms with Crippen LogP contribution in [0.25, 0.3) is 0 Å². The Morgan fingerprint density at radius 1 is 1.00 bits per heavy atom. The molecule has 0 unspecified atom stereocenters. The summed E-state index contributed by atoms with van der Waals surface area (Å²) in [6.45, 7) is 7.02. The Morgan fingerprint density at radius 3 is 2.44 bits per heavy atom. The number of nitrogens with zero attached hydrogens (tertiary/aromatic N) is 2. The van der Waals surface area contributed by atoms with E-state index in [1.54, 1.807) is 6.92 Å². The van der Waals surface area contributed by atoms with Gasteiger partial charge in [0.15, 0.2) is 5.78 Å². The molecule has 0 saturated carbocycles. The van der Waals surface area contributed by atoms with Crippen molar-refractivity contribution in [3.8, 4) is 0 Å². The zero-order chi connectivity index (χ0) is 17.8. The highest BCUT2D eigenvalue weighted by Gasteiger charge is 2.24. The van der Waals surface area contributed by atoms with Gasteiger partial charge in [-0.1, -0.05) is 48.0 Å². The van der Waals surface area contributed by atoms with Crippen LogP contribution in [0.3, 0.4) is 0 Å². The highest BCUT2D eigenvalue weighted by Crippen LogP contribution is 2.14. The topological polar surface area (TPSA) is 40.6 Å². The van der Waals surface area contributed by atoms with Crippen LogP contribution in [0.5, 0.6) is 0 Å². The molecule has 0 spiro atoms. The smallest absolute Gasteiger partial charge is 0.237 e. The second-order valence-corrected chi connectivity index (χ2v) is 6.77. The summed E-state index contributed by atoms with van der Waals surface area (Å²) in [5, 5.41) is 0. The first-order valence-electron chi connectivity index (χ1n) is 8.67. The second kappa shape index (κ2) is 7.62. The van der Waals surface area contributed by atoms with Crippen LogP contribution < -0.4 is 0 Å². The van der Waals surface area contributed by atoms with E-state index in [2.05, 4.69) is 36.1 Å². The Bertz CT molecular complexity index is 768. The van der Waals surface area contributed by atoms with Crippen molar-refractivity contribution in [2.45, 2.75) is 26.9 Å². The third-order valence-corrected chi connectivity index (χ3v) is 4.63. The molecular formula is C21H24N2O2. The number of carbonyl (C=O) groups excluding carboxylic acids is 2. The Morgan fingerprint density at radius 2 is 1.76 bits per heavy atom. The minimum Gasteiger partial charge on any atom is -0.336 e. The average molecular weight is 336 g/mol. The van der Waals surface area contributed by atoms with Crippen LogP contribution >= 0.6 is 0 Å². The standard InChI is InChI=1S/C21H24N2O2/c1-16-6-8-18(9-7-16)14-23-11-10-22(15-21(23)25)13-19-4-3-5-20(12-19)17(2)24/h3-9,12H,10-11,13-15H2,1-2H3. The van der Waals surface area contributed by atoms with Gasteiger partial charge in [-0.2, -0.15) is 0 Å². The first kappa shape index (κ1) is 17.4. The maximum absolute atomic E-state index is 12.5. The predicted octanol–water partition coefficient (Wildman–Crippen LogP) is 3.04. The summed E-state index contributed by atoms with van der Waals surface area (Å²) in [5.41, 5.74) is 4.20. The molecule has 0 bridgehead atoms. The number of benzene rings is 2. The fourth-order valence-electron chi connectivity index (χ4n) is 3.12. The van der Waals surface area contributed by atoms with Crippen molar-refractivity contribution in [1.82, 2.24) is 9.80 Å². The van der Waals surface area contributed by atoms with Gasteiger partial charge in [-0.3, -0.25) is 14.5 Å². The van der Waals surface area contributed by atoms with Crippen LogP contribution in [-0.4, -0.2) is 41.1 Å². The molecule has 0 atom stereocenters.